The number of hydrogen-bond donors (Lipinski definition) is 1. The first-order valence-electron chi connectivity index (χ1n) is 10.5. The lowest BCUT2D eigenvalue weighted by Crippen LogP contribution is -2.28. The van der Waals surface area contributed by atoms with Crippen LogP contribution in [-0.2, 0) is 11.3 Å². The van der Waals surface area contributed by atoms with E-state index in [1.54, 1.807) is 6.20 Å². The van der Waals surface area contributed by atoms with Gasteiger partial charge in [-0.3, -0.25) is 4.79 Å². The van der Waals surface area contributed by atoms with E-state index in [9.17, 15) is 4.79 Å². The number of amides is 1. The van der Waals surface area contributed by atoms with Crippen LogP contribution in [0.25, 0.3) is 11.0 Å². The molecule has 1 aliphatic carbocycles. The van der Waals surface area contributed by atoms with Crippen molar-refractivity contribution >= 4 is 22.8 Å². The second-order valence-electron chi connectivity index (χ2n) is 9.45. The standard InChI is InChI=1S/C21H32N6O/c1-20(2)16(21(20,3)4)19(28)25-17-15-13-24-27(18(15)23-14-22-17)12-11-26-9-7-5-6-8-10-26/h13-14,16H,5-12H2,1-4H3,(H,22,23,25,28). The van der Waals surface area contributed by atoms with Crippen LogP contribution < -0.4 is 5.32 Å². The highest BCUT2D eigenvalue weighted by Crippen LogP contribution is 2.68. The van der Waals surface area contributed by atoms with Gasteiger partial charge in [-0.05, 0) is 36.8 Å². The van der Waals surface area contributed by atoms with Crippen molar-refractivity contribution in [3.63, 3.8) is 0 Å². The zero-order chi connectivity index (χ0) is 19.9. The fraction of sp³-hybridized carbons (Fsp3) is 0.714. The fourth-order valence-electron chi connectivity index (χ4n) is 4.79. The number of hydrogen-bond acceptors (Lipinski definition) is 5. The van der Waals surface area contributed by atoms with Crippen molar-refractivity contribution in [3.8, 4) is 0 Å². The second-order valence-corrected chi connectivity index (χ2v) is 9.45. The van der Waals surface area contributed by atoms with Crippen LogP contribution in [0.2, 0.25) is 0 Å². The van der Waals surface area contributed by atoms with Gasteiger partial charge in [0.25, 0.3) is 0 Å². The molecule has 0 unspecified atom stereocenters. The van der Waals surface area contributed by atoms with Gasteiger partial charge in [-0.15, -0.1) is 0 Å². The lowest BCUT2D eigenvalue weighted by atomic mass is 10.0. The molecule has 1 N–H and O–H groups in total. The Morgan fingerprint density at radius 1 is 1.07 bits per heavy atom. The molecule has 2 aromatic heterocycles. The minimum atomic E-state index is -0.0110. The Morgan fingerprint density at radius 3 is 2.39 bits per heavy atom. The summed E-state index contributed by atoms with van der Waals surface area (Å²) in [4.78, 5) is 24.1. The van der Waals surface area contributed by atoms with Crippen molar-refractivity contribution < 1.29 is 4.79 Å². The highest BCUT2D eigenvalue weighted by Gasteiger charge is 2.68. The van der Waals surface area contributed by atoms with E-state index < -0.39 is 0 Å². The highest BCUT2D eigenvalue weighted by molar-refractivity contribution is 6.01. The number of nitrogens with zero attached hydrogens (tertiary/aromatic N) is 5. The first kappa shape index (κ1) is 19.3. The number of rotatable bonds is 5. The smallest absolute Gasteiger partial charge is 0.229 e. The molecule has 1 saturated heterocycles. The molecule has 2 aliphatic rings. The van der Waals surface area contributed by atoms with Crippen LogP contribution in [0.15, 0.2) is 12.5 Å². The molecule has 0 radical (unpaired) electrons. The Kier molecular flexibility index (Phi) is 4.89. The van der Waals surface area contributed by atoms with Crippen LogP contribution in [0.5, 0.6) is 0 Å². The monoisotopic (exact) mass is 384 g/mol. The van der Waals surface area contributed by atoms with Crippen LogP contribution in [0.1, 0.15) is 53.4 Å². The van der Waals surface area contributed by atoms with Gasteiger partial charge in [0, 0.05) is 12.5 Å². The number of carbonyl (C=O) groups excluding carboxylic acids is 1. The normalized spacial score (nSPS) is 22.1. The maximum absolute atomic E-state index is 12.8. The molecule has 7 heteroatoms. The minimum absolute atomic E-state index is 0.000563. The van der Waals surface area contributed by atoms with E-state index in [2.05, 4.69) is 53.0 Å². The van der Waals surface area contributed by atoms with Gasteiger partial charge in [0.1, 0.15) is 12.1 Å². The summed E-state index contributed by atoms with van der Waals surface area (Å²) >= 11 is 0. The maximum Gasteiger partial charge on any atom is 0.229 e. The van der Waals surface area contributed by atoms with Crippen molar-refractivity contribution in [1.29, 1.82) is 0 Å². The molecule has 1 aliphatic heterocycles. The summed E-state index contributed by atoms with van der Waals surface area (Å²) in [7, 11) is 0. The van der Waals surface area contributed by atoms with Gasteiger partial charge in [0.2, 0.25) is 5.91 Å². The number of anilines is 1. The van der Waals surface area contributed by atoms with Gasteiger partial charge >= 0.3 is 0 Å². The van der Waals surface area contributed by atoms with Gasteiger partial charge in [-0.25, -0.2) is 14.6 Å². The molecule has 1 amide bonds. The number of fused-ring (bicyclic) bond motifs is 1. The third-order valence-corrected chi connectivity index (χ3v) is 7.28. The summed E-state index contributed by atoms with van der Waals surface area (Å²) in [6, 6.07) is 0. The zero-order valence-electron chi connectivity index (χ0n) is 17.5. The molecule has 4 rings (SSSR count). The summed E-state index contributed by atoms with van der Waals surface area (Å²) in [5.74, 6) is 0.588. The van der Waals surface area contributed by atoms with Crippen molar-refractivity contribution in [2.24, 2.45) is 16.7 Å². The molecule has 2 fully saturated rings. The number of nitrogens with one attached hydrogen (secondary N) is 1. The summed E-state index contributed by atoms with van der Waals surface area (Å²) in [5, 5.41) is 8.36. The van der Waals surface area contributed by atoms with E-state index in [1.165, 1.54) is 45.1 Å². The molecule has 1 saturated carbocycles. The van der Waals surface area contributed by atoms with Crippen LogP contribution in [0, 0.1) is 16.7 Å². The van der Waals surface area contributed by atoms with Crippen molar-refractivity contribution in [1.82, 2.24) is 24.6 Å². The molecule has 7 nitrogen and oxygen atoms in total. The van der Waals surface area contributed by atoms with Gasteiger partial charge in [0.15, 0.2) is 5.65 Å². The van der Waals surface area contributed by atoms with Crippen molar-refractivity contribution in [2.75, 3.05) is 25.0 Å². The van der Waals surface area contributed by atoms with Crippen molar-refractivity contribution in [2.45, 2.75) is 59.9 Å². The third kappa shape index (κ3) is 3.30. The van der Waals surface area contributed by atoms with Crippen LogP contribution in [0.3, 0.4) is 0 Å². The minimum Gasteiger partial charge on any atom is -0.310 e. The summed E-state index contributed by atoms with van der Waals surface area (Å²) in [6.07, 6.45) is 8.54. The number of aromatic nitrogens is 4. The molecular weight excluding hydrogens is 352 g/mol. The van der Waals surface area contributed by atoms with E-state index in [4.69, 9.17) is 0 Å². The van der Waals surface area contributed by atoms with Crippen molar-refractivity contribution in [3.05, 3.63) is 12.5 Å². The molecule has 152 valence electrons. The Labute approximate surface area is 166 Å². The Balaban J connectivity index is 1.47. The van der Waals surface area contributed by atoms with Crippen LogP contribution in [0.4, 0.5) is 5.82 Å². The molecule has 0 spiro atoms. The van der Waals surface area contributed by atoms with Gasteiger partial charge < -0.3 is 10.2 Å². The average Bonchev–Trinajstić information content (AvgIpc) is 2.92. The topological polar surface area (TPSA) is 75.9 Å². The highest BCUT2D eigenvalue weighted by atomic mass is 16.2. The summed E-state index contributed by atoms with van der Waals surface area (Å²) in [6.45, 7) is 12.7. The first-order chi connectivity index (χ1) is 13.3. The fourth-order valence-corrected chi connectivity index (χ4v) is 4.79. The van der Waals surface area contributed by atoms with Gasteiger partial charge in [-0.2, -0.15) is 5.10 Å². The first-order valence-corrected chi connectivity index (χ1v) is 10.5. The third-order valence-electron chi connectivity index (χ3n) is 7.28. The van der Waals surface area contributed by atoms with E-state index in [1.807, 2.05) is 4.68 Å². The van der Waals surface area contributed by atoms with E-state index in [0.717, 1.165) is 24.1 Å². The summed E-state index contributed by atoms with van der Waals surface area (Å²) in [5.41, 5.74) is 0.788. The molecule has 0 bridgehead atoms. The lowest BCUT2D eigenvalue weighted by Gasteiger charge is -2.19. The quantitative estimate of drug-likeness (QED) is 0.856. The van der Waals surface area contributed by atoms with Gasteiger partial charge in [-0.1, -0.05) is 40.5 Å². The largest absolute Gasteiger partial charge is 0.310 e. The Hall–Kier alpha value is -2.02. The molecule has 2 aromatic rings. The molecule has 0 aromatic carbocycles. The molecule has 0 atom stereocenters. The van der Waals surface area contributed by atoms with Gasteiger partial charge in [0.05, 0.1) is 18.1 Å². The van der Waals surface area contributed by atoms with E-state index in [0.29, 0.717) is 5.82 Å². The number of carbonyl (C=O) groups is 1. The van der Waals surface area contributed by atoms with Crippen LogP contribution in [-0.4, -0.2) is 50.2 Å². The van der Waals surface area contributed by atoms with E-state index in [-0.39, 0.29) is 22.7 Å². The Bertz CT molecular complexity index is 849. The maximum atomic E-state index is 12.8. The summed E-state index contributed by atoms with van der Waals surface area (Å²) < 4.78 is 1.93. The average molecular weight is 385 g/mol. The van der Waals surface area contributed by atoms with E-state index >= 15 is 0 Å². The SMILES string of the molecule is CC1(C)C(C(=O)Nc2ncnc3c2cnn3CCN2CCCCCC2)C1(C)C. The zero-order valence-corrected chi connectivity index (χ0v) is 17.5. The predicted octanol–water partition coefficient (Wildman–Crippen LogP) is 3.32. The van der Waals surface area contributed by atoms with Crippen LogP contribution >= 0.6 is 0 Å². The molecule has 28 heavy (non-hydrogen) atoms. The molecule has 3 heterocycles. The predicted molar refractivity (Wildman–Crippen MR) is 110 cm³/mol. The Morgan fingerprint density at radius 2 is 1.75 bits per heavy atom. The molecular formula is C21H32N6O. The lowest BCUT2D eigenvalue weighted by molar-refractivity contribution is -0.118. The second kappa shape index (κ2) is 7.10. The number of likely N-dealkylation sites (tertiary alicyclic amines) is 1.